The van der Waals surface area contributed by atoms with Crippen LogP contribution in [0.1, 0.15) is 21.5 Å². The van der Waals surface area contributed by atoms with Gasteiger partial charge >= 0.3 is 0 Å². The average Bonchev–Trinajstić information content (AvgIpc) is 2.70. The number of carbonyl (C=O) groups is 2. The van der Waals surface area contributed by atoms with Gasteiger partial charge in [0.25, 0.3) is 5.91 Å². The number of para-hydroxylation sites is 1. The van der Waals surface area contributed by atoms with Gasteiger partial charge in [0.2, 0.25) is 5.91 Å². The second kappa shape index (κ2) is 8.86. The minimum atomic E-state index is -0.318. The van der Waals surface area contributed by atoms with Crippen LogP contribution in [-0.2, 0) is 4.79 Å². The lowest BCUT2D eigenvalue weighted by Gasteiger charge is -2.09. The molecule has 3 aromatic carbocycles. The summed E-state index contributed by atoms with van der Waals surface area (Å²) in [6.45, 7) is 3.89. The van der Waals surface area contributed by atoms with Crippen molar-refractivity contribution >= 4 is 17.5 Å². The van der Waals surface area contributed by atoms with E-state index in [9.17, 15) is 9.59 Å². The molecule has 2 N–H and O–H groups in total. The fourth-order valence-corrected chi connectivity index (χ4v) is 2.59. The van der Waals surface area contributed by atoms with Crippen LogP contribution in [-0.4, -0.2) is 18.4 Å². The van der Waals surface area contributed by atoms with E-state index in [1.54, 1.807) is 24.3 Å². The first-order valence-electron chi connectivity index (χ1n) is 8.99. The van der Waals surface area contributed by atoms with Gasteiger partial charge in [-0.1, -0.05) is 24.3 Å². The van der Waals surface area contributed by atoms with Gasteiger partial charge in [-0.05, 0) is 73.5 Å². The first-order valence-corrected chi connectivity index (χ1v) is 8.99. The Labute approximate surface area is 164 Å². The van der Waals surface area contributed by atoms with Crippen molar-refractivity contribution in [1.29, 1.82) is 0 Å². The lowest BCUT2D eigenvalue weighted by Crippen LogP contribution is -2.32. The summed E-state index contributed by atoms with van der Waals surface area (Å²) in [6.07, 6.45) is 0. The van der Waals surface area contributed by atoms with Crippen LogP contribution in [0.5, 0.6) is 11.5 Å². The molecule has 3 rings (SSSR count). The predicted octanol–water partition coefficient (Wildman–Crippen LogP) is 4.46. The van der Waals surface area contributed by atoms with E-state index in [2.05, 4.69) is 10.6 Å². The van der Waals surface area contributed by atoms with Gasteiger partial charge in [-0.2, -0.15) is 0 Å². The van der Waals surface area contributed by atoms with Crippen molar-refractivity contribution < 1.29 is 14.3 Å². The van der Waals surface area contributed by atoms with E-state index in [1.165, 1.54) is 0 Å². The normalized spacial score (nSPS) is 10.2. The van der Waals surface area contributed by atoms with Crippen molar-refractivity contribution in [3.63, 3.8) is 0 Å². The first kappa shape index (κ1) is 19.2. The van der Waals surface area contributed by atoms with Gasteiger partial charge in [-0.15, -0.1) is 0 Å². The Bertz CT molecular complexity index is 967. The summed E-state index contributed by atoms with van der Waals surface area (Å²) >= 11 is 0. The molecule has 5 nitrogen and oxygen atoms in total. The van der Waals surface area contributed by atoms with Gasteiger partial charge < -0.3 is 15.4 Å². The average molecular weight is 374 g/mol. The van der Waals surface area contributed by atoms with Crippen LogP contribution in [0, 0.1) is 13.8 Å². The molecule has 2 amide bonds. The summed E-state index contributed by atoms with van der Waals surface area (Å²) in [7, 11) is 0. The number of hydrogen-bond donors (Lipinski definition) is 2. The Morgan fingerprint density at radius 3 is 2.18 bits per heavy atom. The molecule has 0 spiro atoms. The number of nitrogens with one attached hydrogen (secondary N) is 2. The quantitative estimate of drug-likeness (QED) is 0.669. The molecule has 0 fully saturated rings. The monoisotopic (exact) mass is 374 g/mol. The topological polar surface area (TPSA) is 67.4 Å². The van der Waals surface area contributed by atoms with E-state index in [1.807, 2.05) is 62.4 Å². The molecule has 0 atom stereocenters. The van der Waals surface area contributed by atoms with Crippen LogP contribution in [0.15, 0.2) is 72.8 Å². The van der Waals surface area contributed by atoms with Crippen molar-refractivity contribution in [2.75, 3.05) is 11.9 Å². The molecule has 0 aliphatic carbocycles. The molecule has 0 aromatic heterocycles. The molecule has 0 aliphatic heterocycles. The Hall–Kier alpha value is -3.60. The first-order chi connectivity index (χ1) is 13.5. The zero-order valence-electron chi connectivity index (χ0n) is 15.9. The summed E-state index contributed by atoms with van der Waals surface area (Å²) in [5, 5.41) is 5.40. The van der Waals surface area contributed by atoms with Crippen molar-refractivity contribution in [1.82, 2.24) is 5.32 Å². The van der Waals surface area contributed by atoms with Gasteiger partial charge in [-0.25, -0.2) is 0 Å². The smallest absolute Gasteiger partial charge is 0.251 e. The van der Waals surface area contributed by atoms with E-state index in [0.717, 1.165) is 16.9 Å². The van der Waals surface area contributed by atoms with Crippen LogP contribution in [0.2, 0.25) is 0 Å². The van der Waals surface area contributed by atoms with Gasteiger partial charge in [0, 0.05) is 11.3 Å². The standard InChI is InChI=1S/C23H22N2O3/c1-16-8-11-19(14-17(16)2)25-22(26)15-24-23(27)18-9-12-21(13-10-18)28-20-6-4-3-5-7-20/h3-14H,15H2,1-2H3,(H,24,27)(H,25,26). The van der Waals surface area contributed by atoms with Gasteiger partial charge in [0.05, 0.1) is 6.54 Å². The molecule has 0 radical (unpaired) electrons. The van der Waals surface area contributed by atoms with Crippen molar-refractivity contribution in [3.8, 4) is 11.5 Å². The fourth-order valence-electron chi connectivity index (χ4n) is 2.59. The molecule has 0 aliphatic rings. The molecule has 3 aromatic rings. The number of hydrogen-bond acceptors (Lipinski definition) is 3. The fraction of sp³-hybridized carbons (Fsp3) is 0.130. The third kappa shape index (κ3) is 5.20. The van der Waals surface area contributed by atoms with E-state index in [4.69, 9.17) is 4.74 Å². The number of carbonyl (C=O) groups excluding carboxylic acids is 2. The number of rotatable bonds is 6. The zero-order valence-corrected chi connectivity index (χ0v) is 15.9. The van der Waals surface area contributed by atoms with E-state index >= 15 is 0 Å². The van der Waals surface area contributed by atoms with Crippen molar-refractivity contribution in [3.05, 3.63) is 89.5 Å². The number of aryl methyl sites for hydroxylation is 2. The second-order valence-electron chi connectivity index (χ2n) is 6.47. The third-order valence-electron chi connectivity index (χ3n) is 4.30. The summed E-state index contributed by atoms with van der Waals surface area (Å²) in [5.41, 5.74) is 3.43. The Kier molecular flexibility index (Phi) is 6.07. The second-order valence-corrected chi connectivity index (χ2v) is 6.47. The maximum Gasteiger partial charge on any atom is 0.251 e. The van der Waals surface area contributed by atoms with E-state index < -0.39 is 0 Å². The molecule has 0 saturated heterocycles. The minimum absolute atomic E-state index is 0.103. The highest BCUT2D eigenvalue weighted by Crippen LogP contribution is 2.21. The molecule has 0 bridgehead atoms. The third-order valence-corrected chi connectivity index (χ3v) is 4.30. The summed E-state index contributed by atoms with van der Waals surface area (Å²) < 4.78 is 5.70. The highest BCUT2D eigenvalue weighted by Gasteiger charge is 2.09. The lowest BCUT2D eigenvalue weighted by molar-refractivity contribution is -0.115. The van der Waals surface area contributed by atoms with Crippen LogP contribution < -0.4 is 15.4 Å². The Morgan fingerprint density at radius 2 is 1.50 bits per heavy atom. The molecule has 0 heterocycles. The van der Waals surface area contributed by atoms with Crippen LogP contribution in [0.25, 0.3) is 0 Å². The largest absolute Gasteiger partial charge is 0.457 e. The molecule has 0 unspecified atom stereocenters. The maximum absolute atomic E-state index is 12.2. The summed E-state index contributed by atoms with van der Waals surface area (Å²) in [6, 6.07) is 21.9. The number of benzene rings is 3. The van der Waals surface area contributed by atoms with Crippen LogP contribution in [0.4, 0.5) is 5.69 Å². The molecule has 0 saturated carbocycles. The van der Waals surface area contributed by atoms with E-state index in [0.29, 0.717) is 17.0 Å². The summed E-state index contributed by atoms with van der Waals surface area (Å²) in [4.78, 5) is 24.3. The van der Waals surface area contributed by atoms with Crippen LogP contribution in [0.3, 0.4) is 0 Å². The van der Waals surface area contributed by atoms with Crippen molar-refractivity contribution in [2.24, 2.45) is 0 Å². The molecular formula is C23H22N2O3. The highest BCUT2D eigenvalue weighted by molar-refractivity contribution is 5.99. The molecule has 5 heteroatoms. The number of amides is 2. The molecular weight excluding hydrogens is 352 g/mol. The minimum Gasteiger partial charge on any atom is -0.457 e. The number of ether oxygens (including phenoxy) is 1. The molecule has 142 valence electrons. The SMILES string of the molecule is Cc1ccc(NC(=O)CNC(=O)c2ccc(Oc3ccccc3)cc2)cc1C. The summed E-state index contributed by atoms with van der Waals surface area (Å²) in [5.74, 6) is 0.764. The van der Waals surface area contributed by atoms with Gasteiger partial charge in [-0.3, -0.25) is 9.59 Å². The Morgan fingerprint density at radius 1 is 0.821 bits per heavy atom. The molecule has 28 heavy (non-hydrogen) atoms. The van der Waals surface area contributed by atoms with E-state index in [-0.39, 0.29) is 18.4 Å². The number of anilines is 1. The predicted molar refractivity (Wildman–Crippen MR) is 110 cm³/mol. The maximum atomic E-state index is 12.2. The Balaban J connectivity index is 1.51. The zero-order chi connectivity index (χ0) is 19.9. The van der Waals surface area contributed by atoms with Gasteiger partial charge in [0.1, 0.15) is 11.5 Å². The highest BCUT2D eigenvalue weighted by atomic mass is 16.5. The van der Waals surface area contributed by atoms with Gasteiger partial charge in [0.15, 0.2) is 0 Å². The lowest BCUT2D eigenvalue weighted by atomic mass is 10.1. The van der Waals surface area contributed by atoms with Crippen LogP contribution >= 0.6 is 0 Å². The van der Waals surface area contributed by atoms with Crippen molar-refractivity contribution in [2.45, 2.75) is 13.8 Å².